The smallest absolute Gasteiger partial charge is 0.131 e. The van der Waals surface area contributed by atoms with Crippen molar-refractivity contribution in [1.29, 1.82) is 0 Å². The Kier molecular flexibility index (Phi) is 5.31. The topological polar surface area (TPSA) is 52.5 Å². The highest BCUT2D eigenvalue weighted by atomic mass is 19.1. The van der Waals surface area contributed by atoms with E-state index in [9.17, 15) is 14.6 Å². The van der Waals surface area contributed by atoms with E-state index in [1.54, 1.807) is 6.07 Å². The first-order chi connectivity index (χ1) is 10.1. The summed E-state index contributed by atoms with van der Waals surface area (Å²) in [6.07, 6.45) is 0.668. The summed E-state index contributed by atoms with van der Waals surface area (Å²) >= 11 is 0. The Morgan fingerprint density at radius 3 is 2.48 bits per heavy atom. The minimum absolute atomic E-state index is 0.0288. The summed E-state index contributed by atoms with van der Waals surface area (Å²) in [6, 6.07) is 13.5. The Hall–Kier alpha value is -1.91. The van der Waals surface area contributed by atoms with E-state index in [4.69, 9.17) is 0 Å². The first-order valence-electron chi connectivity index (χ1n) is 6.99. The SMILES string of the molecule is CC(N[C@@H](CO)Cc1ccccc1)c1ccc(O)cc1F. The van der Waals surface area contributed by atoms with E-state index in [1.807, 2.05) is 37.3 Å². The van der Waals surface area contributed by atoms with Crippen molar-refractivity contribution in [1.82, 2.24) is 5.32 Å². The second-order valence-electron chi connectivity index (χ2n) is 5.16. The summed E-state index contributed by atoms with van der Waals surface area (Å²) in [6.45, 7) is 1.81. The van der Waals surface area contributed by atoms with Crippen molar-refractivity contribution >= 4 is 0 Å². The van der Waals surface area contributed by atoms with Crippen LogP contribution in [-0.4, -0.2) is 22.9 Å². The predicted octanol–water partition coefficient (Wildman–Crippen LogP) is 2.79. The van der Waals surface area contributed by atoms with Crippen LogP contribution in [0.2, 0.25) is 0 Å². The van der Waals surface area contributed by atoms with Crippen LogP contribution in [0.15, 0.2) is 48.5 Å². The Morgan fingerprint density at radius 1 is 1.14 bits per heavy atom. The van der Waals surface area contributed by atoms with Crippen LogP contribution in [0.1, 0.15) is 24.1 Å². The number of aromatic hydroxyl groups is 1. The minimum Gasteiger partial charge on any atom is -0.508 e. The lowest BCUT2D eigenvalue weighted by Gasteiger charge is -2.22. The molecule has 0 saturated carbocycles. The third kappa shape index (κ3) is 4.28. The number of hydrogen-bond acceptors (Lipinski definition) is 3. The van der Waals surface area contributed by atoms with Crippen molar-refractivity contribution in [2.75, 3.05) is 6.61 Å². The van der Waals surface area contributed by atoms with E-state index >= 15 is 0 Å². The van der Waals surface area contributed by atoms with Crippen LogP contribution < -0.4 is 5.32 Å². The largest absolute Gasteiger partial charge is 0.508 e. The second-order valence-corrected chi connectivity index (χ2v) is 5.16. The second kappa shape index (κ2) is 7.20. The molecule has 0 aliphatic heterocycles. The zero-order valence-electron chi connectivity index (χ0n) is 12.0. The molecule has 0 saturated heterocycles. The van der Waals surface area contributed by atoms with E-state index in [1.165, 1.54) is 6.07 Å². The zero-order chi connectivity index (χ0) is 15.2. The average Bonchev–Trinajstić information content (AvgIpc) is 2.47. The maximum atomic E-state index is 13.8. The fourth-order valence-corrected chi connectivity index (χ4v) is 2.39. The van der Waals surface area contributed by atoms with Crippen LogP contribution in [0.25, 0.3) is 0 Å². The Balaban J connectivity index is 2.04. The van der Waals surface area contributed by atoms with Crippen LogP contribution >= 0.6 is 0 Å². The van der Waals surface area contributed by atoms with Gasteiger partial charge in [-0.3, -0.25) is 0 Å². The third-order valence-electron chi connectivity index (χ3n) is 3.48. The van der Waals surface area contributed by atoms with Gasteiger partial charge in [0.15, 0.2) is 0 Å². The van der Waals surface area contributed by atoms with Gasteiger partial charge < -0.3 is 15.5 Å². The van der Waals surface area contributed by atoms with Gasteiger partial charge in [0.05, 0.1) is 6.61 Å². The van der Waals surface area contributed by atoms with E-state index < -0.39 is 5.82 Å². The van der Waals surface area contributed by atoms with Crippen LogP contribution in [0, 0.1) is 5.82 Å². The molecular formula is C17H20FNO2. The van der Waals surface area contributed by atoms with Crippen LogP contribution in [0.3, 0.4) is 0 Å². The van der Waals surface area contributed by atoms with E-state index in [0.29, 0.717) is 12.0 Å². The minimum atomic E-state index is -0.452. The Bertz CT molecular complexity index is 574. The van der Waals surface area contributed by atoms with Crippen molar-refractivity contribution < 1.29 is 14.6 Å². The lowest BCUT2D eigenvalue weighted by molar-refractivity contribution is 0.232. The Morgan fingerprint density at radius 2 is 1.86 bits per heavy atom. The molecule has 0 amide bonds. The molecule has 0 aromatic heterocycles. The molecule has 2 atom stereocenters. The van der Waals surface area contributed by atoms with Gasteiger partial charge in [0, 0.05) is 23.7 Å². The summed E-state index contributed by atoms with van der Waals surface area (Å²) in [5.41, 5.74) is 1.58. The molecule has 3 nitrogen and oxygen atoms in total. The molecule has 21 heavy (non-hydrogen) atoms. The molecule has 0 radical (unpaired) electrons. The van der Waals surface area contributed by atoms with Gasteiger partial charge in [-0.1, -0.05) is 36.4 Å². The normalized spacial score (nSPS) is 13.9. The van der Waals surface area contributed by atoms with E-state index in [0.717, 1.165) is 11.6 Å². The summed E-state index contributed by atoms with van der Waals surface area (Å²) < 4.78 is 13.8. The molecule has 2 aromatic rings. The maximum Gasteiger partial charge on any atom is 0.131 e. The number of halogens is 1. The number of aliphatic hydroxyl groups is 1. The lowest BCUT2D eigenvalue weighted by Crippen LogP contribution is -2.36. The first kappa shape index (κ1) is 15.5. The molecule has 0 spiro atoms. The number of hydrogen-bond donors (Lipinski definition) is 3. The molecule has 112 valence electrons. The van der Waals surface area contributed by atoms with Gasteiger partial charge >= 0.3 is 0 Å². The summed E-state index contributed by atoms with van der Waals surface area (Å²) in [4.78, 5) is 0. The van der Waals surface area contributed by atoms with Crippen molar-refractivity contribution in [3.05, 3.63) is 65.5 Å². The van der Waals surface area contributed by atoms with Crippen molar-refractivity contribution in [3.63, 3.8) is 0 Å². The van der Waals surface area contributed by atoms with Crippen LogP contribution in [0.4, 0.5) is 4.39 Å². The van der Waals surface area contributed by atoms with E-state index in [-0.39, 0.29) is 24.4 Å². The van der Waals surface area contributed by atoms with Crippen molar-refractivity contribution in [3.8, 4) is 5.75 Å². The number of rotatable bonds is 6. The molecular weight excluding hydrogens is 269 g/mol. The summed E-state index contributed by atoms with van der Waals surface area (Å²) in [5, 5.41) is 22.0. The molecule has 0 bridgehead atoms. The predicted molar refractivity (Wildman–Crippen MR) is 80.6 cm³/mol. The molecule has 2 rings (SSSR count). The third-order valence-corrected chi connectivity index (χ3v) is 3.48. The Labute approximate surface area is 124 Å². The van der Waals surface area contributed by atoms with Gasteiger partial charge in [0.1, 0.15) is 11.6 Å². The summed E-state index contributed by atoms with van der Waals surface area (Å²) in [5.74, 6) is -0.544. The van der Waals surface area contributed by atoms with Gasteiger partial charge in [-0.05, 0) is 25.0 Å². The van der Waals surface area contributed by atoms with Gasteiger partial charge in [0.2, 0.25) is 0 Å². The molecule has 4 heteroatoms. The fraction of sp³-hybridized carbons (Fsp3) is 0.294. The highest BCUT2D eigenvalue weighted by Crippen LogP contribution is 2.21. The number of nitrogens with one attached hydrogen (secondary N) is 1. The quantitative estimate of drug-likeness (QED) is 0.766. The molecule has 0 aliphatic rings. The molecule has 1 unspecified atom stereocenters. The van der Waals surface area contributed by atoms with Crippen LogP contribution in [0.5, 0.6) is 5.75 Å². The van der Waals surface area contributed by atoms with Gasteiger partial charge in [-0.25, -0.2) is 4.39 Å². The highest BCUT2D eigenvalue weighted by Gasteiger charge is 2.16. The lowest BCUT2D eigenvalue weighted by atomic mass is 10.0. The van der Waals surface area contributed by atoms with Gasteiger partial charge in [0.25, 0.3) is 0 Å². The maximum absolute atomic E-state index is 13.8. The molecule has 0 heterocycles. The average molecular weight is 289 g/mol. The molecule has 2 aromatic carbocycles. The first-order valence-corrected chi connectivity index (χ1v) is 6.99. The molecule has 0 fully saturated rings. The van der Waals surface area contributed by atoms with Crippen molar-refractivity contribution in [2.45, 2.75) is 25.4 Å². The molecule has 3 N–H and O–H groups in total. The van der Waals surface area contributed by atoms with Crippen molar-refractivity contribution in [2.24, 2.45) is 0 Å². The number of aliphatic hydroxyl groups excluding tert-OH is 1. The monoisotopic (exact) mass is 289 g/mol. The number of phenolic OH excluding ortho intramolecular Hbond substituents is 1. The summed E-state index contributed by atoms with van der Waals surface area (Å²) in [7, 11) is 0. The van der Waals surface area contributed by atoms with E-state index in [2.05, 4.69) is 5.32 Å². The fourth-order valence-electron chi connectivity index (χ4n) is 2.39. The number of benzene rings is 2. The zero-order valence-corrected chi connectivity index (χ0v) is 12.0. The highest BCUT2D eigenvalue weighted by molar-refractivity contribution is 5.29. The standard InChI is InChI=1S/C17H20FNO2/c1-12(16-8-7-15(21)10-17(16)18)19-14(11-20)9-13-5-3-2-4-6-13/h2-8,10,12,14,19-21H,9,11H2,1H3/t12?,14-/m1/s1. The van der Waals surface area contributed by atoms with Crippen LogP contribution in [-0.2, 0) is 6.42 Å². The molecule has 0 aliphatic carbocycles. The van der Waals surface area contributed by atoms with Gasteiger partial charge in [-0.15, -0.1) is 0 Å². The van der Waals surface area contributed by atoms with Gasteiger partial charge in [-0.2, -0.15) is 0 Å². The number of phenols is 1.